The molecule has 82 valence electrons. The van der Waals surface area contributed by atoms with Gasteiger partial charge in [0.2, 0.25) is 0 Å². The molecule has 1 saturated heterocycles. The van der Waals surface area contributed by atoms with E-state index in [9.17, 15) is 0 Å². The van der Waals surface area contributed by atoms with Gasteiger partial charge in [0.1, 0.15) is 0 Å². The summed E-state index contributed by atoms with van der Waals surface area (Å²) in [5.41, 5.74) is 1.47. The molecule has 1 aromatic rings. The van der Waals surface area contributed by atoms with Crippen LogP contribution in [-0.2, 0) is 0 Å². The molecule has 0 radical (unpaired) electrons. The van der Waals surface area contributed by atoms with Gasteiger partial charge < -0.3 is 5.32 Å². The molecule has 0 amide bonds. The lowest BCUT2D eigenvalue weighted by Crippen LogP contribution is -2.32. The normalized spacial score (nSPS) is 24.5. The van der Waals surface area contributed by atoms with Crippen LogP contribution in [0.4, 0.5) is 0 Å². The molecule has 1 N–H and O–H groups in total. The van der Waals surface area contributed by atoms with Crippen molar-refractivity contribution in [3.8, 4) is 0 Å². The number of rotatable bonds is 2. The van der Waals surface area contributed by atoms with Crippen LogP contribution >= 0.6 is 0 Å². The van der Waals surface area contributed by atoms with E-state index in [1.165, 1.54) is 37.8 Å². The Balaban J connectivity index is 2.03. The molecule has 1 aliphatic rings. The van der Waals surface area contributed by atoms with Crippen molar-refractivity contribution in [3.63, 3.8) is 0 Å². The minimum absolute atomic E-state index is 0.643. The van der Waals surface area contributed by atoms with Crippen molar-refractivity contribution < 1.29 is 0 Å². The van der Waals surface area contributed by atoms with E-state index in [-0.39, 0.29) is 0 Å². The summed E-state index contributed by atoms with van der Waals surface area (Å²) in [5.74, 6) is 0.643. The van der Waals surface area contributed by atoms with Crippen molar-refractivity contribution in [2.45, 2.75) is 44.6 Å². The maximum atomic E-state index is 3.68. The summed E-state index contributed by atoms with van der Waals surface area (Å²) in [7, 11) is 0. The average Bonchev–Trinajstić information content (AvgIpc) is 2.58. The van der Waals surface area contributed by atoms with Crippen LogP contribution in [0.2, 0.25) is 0 Å². The Morgan fingerprint density at radius 1 is 1.13 bits per heavy atom. The van der Waals surface area contributed by atoms with Gasteiger partial charge >= 0.3 is 0 Å². The van der Waals surface area contributed by atoms with Crippen molar-refractivity contribution in [1.82, 2.24) is 5.32 Å². The first kappa shape index (κ1) is 10.7. The van der Waals surface area contributed by atoms with Crippen LogP contribution in [0.5, 0.6) is 0 Å². The van der Waals surface area contributed by atoms with Gasteiger partial charge in [-0.25, -0.2) is 0 Å². The Bertz CT molecular complexity index is 273. The Morgan fingerprint density at radius 3 is 2.73 bits per heavy atom. The summed E-state index contributed by atoms with van der Waals surface area (Å²) in [6.07, 6.45) is 5.45. The molecule has 1 nitrogen and oxygen atoms in total. The maximum Gasteiger partial charge on any atom is 0.0133 e. The predicted molar refractivity (Wildman–Crippen MR) is 65.1 cm³/mol. The van der Waals surface area contributed by atoms with Crippen LogP contribution in [0.25, 0.3) is 0 Å². The summed E-state index contributed by atoms with van der Waals surface area (Å²) in [4.78, 5) is 0. The van der Waals surface area contributed by atoms with E-state index in [2.05, 4.69) is 42.6 Å². The van der Waals surface area contributed by atoms with Gasteiger partial charge in [-0.3, -0.25) is 0 Å². The minimum atomic E-state index is 0.643. The lowest BCUT2D eigenvalue weighted by Gasteiger charge is -2.23. The lowest BCUT2D eigenvalue weighted by atomic mass is 9.91. The second-order valence-corrected chi connectivity index (χ2v) is 4.61. The standard InChI is InChI=1S/C14H21N/c1-12(13-8-4-2-5-9-13)14-10-6-3-7-11-15-14/h2,4-5,8-9,12,14-15H,3,6-7,10-11H2,1H3. The van der Waals surface area contributed by atoms with E-state index in [0.717, 1.165) is 0 Å². The summed E-state index contributed by atoms with van der Waals surface area (Å²) < 4.78 is 0. The molecule has 2 unspecified atom stereocenters. The first-order valence-corrected chi connectivity index (χ1v) is 6.16. The second kappa shape index (κ2) is 5.32. The molecule has 0 aromatic heterocycles. The molecule has 0 bridgehead atoms. The topological polar surface area (TPSA) is 12.0 Å². The third-order valence-corrected chi connectivity index (χ3v) is 3.53. The second-order valence-electron chi connectivity index (χ2n) is 4.61. The van der Waals surface area contributed by atoms with Crippen LogP contribution < -0.4 is 5.32 Å². The van der Waals surface area contributed by atoms with Gasteiger partial charge in [0.15, 0.2) is 0 Å². The van der Waals surface area contributed by atoms with Crippen molar-refractivity contribution in [2.75, 3.05) is 6.54 Å². The highest BCUT2D eigenvalue weighted by Gasteiger charge is 2.19. The van der Waals surface area contributed by atoms with E-state index in [4.69, 9.17) is 0 Å². The summed E-state index contributed by atoms with van der Waals surface area (Å²) in [6, 6.07) is 11.5. The number of hydrogen-bond acceptors (Lipinski definition) is 1. The molecule has 0 spiro atoms. The van der Waals surface area contributed by atoms with Crippen LogP contribution in [0.3, 0.4) is 0 Å². The third-order valence-electron chi connectivity index (χ3n) is 3.53. The molecule has 0 aliphatic carbocycles. The molecule has 0 saturated carbocycles. The first-order chi connectivity index (χ1) is 7.38. The average molecular weight is 203 g/mol. The van der Waals surface area contributed by atoms with Gasteiger partial charge in [-0.05, 0) is 30.9 Å². The molecule has 2 atom stereocenters. The Labute approximate surface area is 92.9 Å². The Morgan fingerprint density at radius 2 is 1.93 bits per heavy atom. The minimum Gasteiger partial charge on any atom is -0.313 e. The van der Waals surface area contributed by atoms with Crippen molar-refractivity contribution in [3.05, 3.63) is 35.9 Å². The quantitative estimate of drug-likeness (QED) is 0.777. The van der Waals surface area contributed by atoms with Crippen LogP contribution in [-0.4, -0.2) is 12.6 Å². The summed E-state index contributed by atoms with van der Waals surface area (Å²) >= 11 is 0. The SMILES string of the molecule is CC(c1ccccc1)C1CCCCCN1. The van der Waals surface area contributed by atoms with Crippen LogP contribution in [0.1, 0.15) is 44.1 Å². The predicted octanol–water partition coefficient (Wildman–Crippen LogP) is 3.32. The zero-order valence-corrected chi connectivity index (χ0v) is 9.58. The van der Waals surface area contributed by atoms with E-state index in [0.29, 0.717) is 12.0 Å². The zero-order valence-electron chi connectivity index (χ0n) is 9.58. The van der Waals surface area contributed by atoms with Gasteiger partial charge in [-0.1, -0.05) is 50.1 Å². The highest BCUT2D eigenvalue weighted by Crippen LogP contribution is 2.24. The first-order valence-electron chi connectivity index (χ1n) is 6.16. The molecule has 1 fully saturated rings. The van der Waals surface area contributed by atoms with E-state index < -0.39 is 0 Å². The summed E-state index contributed by atoms with van der Waals surface area (Å²) in [6.45, 7) is 3.54. The van der Waals surface area contributed by atoms with Gasteiger partial charge in [0.25, 0.3) is 0 Å². The highest BCUT2D eigenvalue weighted by molar-refractivity contribution is 5.20. The van der Waals surface area contributed by atoms with Crippen molar-refractivity contribution in [2.24, 2.45) is 0 Å². The maximum absolute atomic E-state index is 3.68. The van der Waals surface area contributed by atoms with Gasteiger partial charge in [0.05, 0.1) is 0 Å². The highest BCUT2D eigenvalue weighted by atomic mass is 14.9. The Kier molecular flexibility index (Phi) is 3.79. The largest absolute Gasteiger partial charge is 0.313 e. The van der Waals surface area contributed by atoms with Crippen LogP contribution in [0.15, 0.2) is 30.3 Å². The van der Waals surface area contributed by atoms with E-state index in [1.807, 2.05) is 0 Å². The monoisotopic (exact) mass is 203 g/mol. The Hall–Kier alpha value is -0.820. The molecule has 1 aliphatic heterocycles. The molecular weight excluding hydrogens is 182 g/mol. The molecular formula is C14H21N. The lowest BCUT2D eigenvalue weighted by molar-refractivity contribution is 0.446. The van der Waals surface area contributed by atoms with E-state index >= 15 is 0 Å². The molecule has 1 aromatic carbocycles. The summed E-state index contributed by atoms with van der Waals surface area (Å²) in [5, 5.41) is 3.68. The third kappa shape index (κ3) is 2.82. The fourth-order valence-electron chi connectivity index (χ4n) is 2.47. The molecule has 1 heterocycles. The number of nitrogens with one attached hydrogen (secondary N) is 1. The van der Waals surface area contributed by atoms with E-state index in [1.54, 1.807) is 0 Å². The fourth-order valence-corrected chi connectivity index (χ4v) is 2.47. The molecule has 2 rings (SSSR count). The molecule has 1 heteroatoms. The van der Waals surface area contributed by atoms with Crippen molar-refractivity contribution in [1.29, 1.82) is 0 Å². The smallest absolute Gasteiger partial charge is 0.0133 e. The number of hydrogen-bond donors (Lipinski definition) is 1. The van der Waals surface area contributed by atoms with Crippen molar-refractivity contribution >= 4 is 0 Å². The van der Waals surface area contributed by atoms with Crippen LogP contribution in [0, 0.1) is 0 Å². The number of benzene rings is 1. The van der Waals surface area contributed by atoms with Gasteiger partial charge in [0, 0.05) is 6.04 Å². The fraction of sp³-hybridized carbons (Fsp3) is 0.571. The zero-order chi connectivity index (χ0) is 10.5. The van der Waals surface area contributed by atoms with Gasteiger partial charge in [-0.2, -0.15) is 0 Å². The molecule has 15 heavy (non-hydrogen) atoms. The van der Waals surface area contributed by atoms with Gasteiger partial charge in [-0.15, -0.1) is 0 Å².